The van der Waals surface area contributed by atoms with Gasteiger partial charge in [-0.2, -0.15) is 0 Å². The number of aryl methyl sites for hydroxylation is 1. The number of aromatic nitrogens is 1. The van der Waals surface area contributed by atoms with E-state index >= 15 is 0 Å². The van der Waals surface area contributed by atoms with Crippen molar-refractivity contribution >= 4 is 22.6 Å². The molecule has 3 N–H and O–H groups in total. The molecule has 0 aliphatic carbocycles. The van der Waals surface area contributed by atoms with Crippen LogP contribution in [0.15, 0.2) is 29.1 Å². The Hall–Kier alpha value is -2.30. The number of nitrogens with two attached hydrogens (primary N) is 1. The van der Waals surface area contributed by atoms with Crippen molar-refractivity contribution in [1.82, 2.24) is 4.57 Å². The molecule has 0 aliphatic rings. The van der Waals surface area contributed by atoms with E-state index in [2.05, 4.69) is 0 Å². The summed E-state index contributed by atoms with van der Waals surface area (Å²) in [6, 6.07) is 6.51. The molecule has 0 saturated heterocycles. The van der Waals surface area contributed by atoms with Gasteiger partial charge < -0.3 is 15.4 Å². The fraction of sp³-hybridized carbons (Fsp3) is 0.167. The minimum absolute atomic E-state index is 0.253. The fourth-order valence-electron chi connectivity index (χ4n) is 1.89. The van der Waals surface area contributed by atoms with Crippen LogP contribution in [0.25, 0.3) is 10.9 Å². The van der Waals surface area contributed by atoms with Gasteiger partial charge in [0.1, 0.15) is 5.56 Å². The molecule has 88 valence electrons. The van der Waals surface area contributed by atoms with E-state index in [9.17, 15) is 9.59 Å². The van der Waals surface area contributed by atoms with Gasteiger partial charge in [-0.25, -0.2) is 4.79 Å². The van der Waals surface area contributed by atoms with Crippen molar-refractivity contribution in [2.75, 3.05) is 5.73 Å². The van der Waals surface area contributed by atoms with Crippen LogP contribution in [0.1, 0.15) is 17.3 Å². The first-order valence-electron chi connectivity index (χ1n) is 5.21. The molecule has 0 radical (unpaired) electrons. The topological polar surface area (TPSA) is 85.3 Å². The maximum absolute atomic E-state index is 11.9. The predicted molar refractivity (Wildman–Crippen MR) is 65.3 cm³/mol. The lowest BCUT2D eigenvalue weighted by Gasteiger charge is -2.10. The fourth-order valence-corrected chi connectivity index (χ4v) is 1.89. The van der Waals surface area contributed by atoms with E-state index in [1.54, 1.807) is 25.1 Å². The number of benzene rings is 1. The van der Waals surface area contributed by atoms with Crippen LogP contribution in [-0.2, 0) is 6.54 Å². The van der Waals surface area contributed by atoms with Crippen molar-refractivity contribution in [2.24, 2.45) is 0 Å². The van der Waals surface area contributed by atoms with Crippen molar-refractivity contribution in [3.8, 4) is 0 Å². The van der Waals surface area contributed by atoms with Crippen molar-refractivity contribution in [1.29, 1.82) is 0 Å². The summed E-state index contributed by atoms with van der Waals surface area (Å²) < 4.78 is 1.41. The van der Waals surface area contributed by atoms with E-state index in [4.69, 9.17) is 10.8 Å². The molecule has 1 aromatic heterocycles. The number of nitrogens with zero attached hydrogens (tertiary/aromatic N) is 1. The van der Waals surface area contributed by atoms with Gasteiger partial charge in [-0.15, -0.1) is 0 Å². The van der Waals surface area contributed by atoms with Crippen LogP contribution < -0.4 is 11.3 Å². The number of hydrogen-bond donors (Lipinski definition) is 2. The average Bonchev–Trinajstić information content (AvgIpc) is 2.28. The summed E-state index contributed by atoms with van der Waals surface area (Å²) in [5.41, 5.74) is 6.16. The lowest BCUT2D eigenvalue weighted by Crippen LogP contribution is -2.26. The van der Waals surface area contributed by atoms with Gasteiger partial charge in [-0.05, 0) is 25.1 Å². The third-order valence-electron chi connectivity index (χ3n) is 2.72. The Balaban J connectivity index is 3.00. The standard InChI is InChI=1S/C12H12N2O3/c1-2-14-10-5-3-4-9(13)7(10)6-8(11(14)15)12(16)17/h3-6H,2,13H2,1H3,(H,16,17). The number of nitrogen functional groups attached to an aromatic ring is 1. The summed E-state index contributed by atoms with van der Waals surface area (Å²) in [4.78, 5) is 22.9. The molecular formula is C12H12N2O3. The molecular weight excluding hydrogens is 220 g/mol. The SMILES string of the molecule is CCn1c(=O)c(C(=O)O)cc2c(N)cccc21. The van der Waals surface area contributed by atoms with E-state index in [-0.39, 0.29) is 5.56 Å². The van der Waals surface area contributed by atoms with E-state index in [0.717, 1.165) is 0 Å². The summed E-state index contributed by atoms with van der Waals surface area (Å²) in [7, 11) is 0. The van der Waals surface area contributed by atoms with Gasteiger partial charge >= 0.3 is 5.97 Å². The van der Waals surface area contributed by atoms with Crippen molar-refractivity contribution in [2.45, 2.75) is 13.5 Å². The van der Waals surface area contributed by atoms with E-state index in [0.29, 0.717) is 23.1 Å². The third kappa shape index (κ3) is 1.65. The molecule has 0 saturated carbocycles. The molecule has 0 bridgehead atoms. The molecule has 0 aliphatic heterocycles. The van der Waals surface area contributed by atoms with Gasteiger partial charge in [-0.3, -0.25) is 4.79 Å². The number of carbonyl (C=O) groups is 1. The molecule has 2 rings (SSSR count). The highest BCUT2D eigenvalue weighted by Crippen LogP contribution is 2.20. The number of carboxylic acid groups (broad SMARTS) is 1. The molecule has 0 amide bonds. The van der Waals surface area contributed by atoms with Gasteiger partial charge in [0.15, 0.2) is 0 Å². The number of aromatic carboxylic acids is 1. The van der Waals surface area contributed by atoms with Crippen molar-refractivity contribution < 1.29 is 9.90 Å². The highest BCUT2D eigenvalue weighted by Gasteiger charge is 2.14. The molecule has 5 heteroatoms. The first-order valence-corrected chi connectivity index (χ1v) is 5.21. The molecule has 1 aromatic carbocycles. The van der Waals surface area contributed by atoms with Crippen LogP contribution in [0.3, 0.4) is 0 Å². The first kappa shape index (κ1) is 11.2. The van der Waals surface area contributed by atoms with Gasteiger partial charge in [0.25, 0.3) is 5.56 Å². The molecule has 0 unspecified atom stereocenters. The molecule has 1 heterocycles. The summed E-state index contributed by atoms with van der Waals surface area (Å²) in [5.74, 6) is -1.23. The number of anilines is 1. The van der Waals surface area contributed by atoms with Crippen molar-refractivity contribution in [3.05, 3.63) is 40.2 Å². The Morgan fingerprint density at radius 3 is 2.76 bits per heavy atom. The summed E-state index contributed by atoms with van der Waals surface area (Å²) in [6.07, 6.45) is 0. The normalized spacial score (nSPS) is 10.6. The van der Waals surface area contributed by atoms with E-state index in [1.165, 1.54) is 10.6 Å². The second-order valence-electron chi connectivity index (χ2n) is 3.69. The van der Waals surface area contributed by atoms with Gasteiger partial charge in [-0.1, -0.05) is 6.07 Å². The number of hydrogen-bond acceptors (Lipinski definition) is 3. The zero-order valence-corrected chi connectivity index (χ0v) is 9.30. The van der Waals surface area contributed by atoms with Gasteiger partial charge in [0.05, 0.1) is 5.52 Å². The minimum Gasteiger partial charge on any atom is -0.477 e. The van der Waals surface area contributed by atoms with Gasteiger partial charge in [0, 0.05) is 17.6 Å². The molecule has 17 heavy (non-hydrogen) atoms. The molecule has 5 nitrogen and oxygen atoms in total. The number of fused-ring (bicyclic) bond motifs is 1. The molecule has 0 fully saturated rings. The second kappa shape index (κ2) is 3.93. The first-order chi connectivity index (χ1) is 8.06. The van der Waals surface area contributed by atoms with Crippen LogP contribution >= 0.6 is 0 Å². The predicted octanol–water partition coefficient (Wildman–Crippen LogP) is 1.30. The summed E-state index contributed by atoms with van der Waals surface area (Å²) in [5, 5.41) is 9.57. The largest absolute Gasteiger partial charge is 0.477 e. The summed E-state index contributed by atoms with van der Waals surface area (Å²) >= 11 is 0. The Bertz CT molecular complexity index is 659. The molecule has 0 atom stereocenters. The maximum atomic E-state index is 11.9. The van der Waals surface area contributed by atoms with Crippen LogP contribution in [0.2, 0.25) is 0 Å². The van der Waals surface area contributed by atoms with Crippen LogP contribution in [-0.4, -0.2) is 15.6 Å². The molecule has 0 spiro atoms. The van der Waals surface area contributed by atoms with E-state index in [1.807, 2.05) is 0 Å². The number of pyridine rings is 1. The lowest BCUT2D eigenvalue weighted by molar-refractivity contribution is 0.0694. The van der Waals surface area contributed by atoms with Crippen molar-refractivity contribution in [3.63, 3.8) is 0 Å². The number of carboxylic acids is 1. The van der Waals surface area contributed by atoms with Crippen LogP contribution in [0.4, 0.5) is 5.69 Å². The third-order valence-corrected chi connectivity index (χ3v) is 2.72. The zero-order valence-electron chi connectivity index (χ0n) is 9.30. The lowest BCUT2D eigenvalue weighted by atomic mass is 10.1. The maximum Gasteiger partial charge on any atom is 0.341 e. The minimum atomic E-state index is -1.23. The molecule has 2 aromatic rings. The Morgan fingerprint density at radius 2 is 2.18 bits per heavy atom. The average molecular weight is 232 g/mol. The Labute approximate surface area is 97.1 Å². The Kier molecular flexibility index (Phi) is 2.59. The van der Waals surface area contributed by atoms with Crippen LogP contribution in [0.5, 0.6) is 0 Å². The highest BCUT2D eigenvalue weighted by atomic mass is 16.4. The monoisotopic (exact) mass is 232 g/mol. The smallest absolute Gasteiger partial charge is 0.341 e. The summed E-state index contributed by atoms with van der Waals surface area (Å²) in [6.45, 7) is 2.19. The van der Waals surface area contributed by atoms with E-state index < -0.39 is 11.5 Å². The quantitative estimate of drug-likeness (QED) is 0.764. The highest BCUT2D eigenvalue weighted by molar-refractivity contribution is 5.97. The Morgan fingerprint density at radius 1 is 1.47 bits per heavy atom. The van der Waals surface area contributed by atoms with Crippen LogP contribution in [0, 0.1) is 0 Å². The zero-order chi connectivity index (χ0) is 12.6. The number of rotatable bonds is 2. The second-order valence-corrected chi connectivity index (χ2v) is 3.69. The van der Waals surface area contributed by atoms with Gasteiger partial charge in [0.2, 0.25) is 0 Å².